The van der Waals surface area contributed by atoms with Gasteiger partial charge in [0.2, 0.25) is 11.8 Å². The molecule has 2 fully saturated rings. The molecule has 40 heavy (non-hydrogen) atoms. The van der Waals surface area contributed by atoms with Crippen LogP contribution in [0, 0.1) is 5.82 Å². The van der Waals surface area contributed by atoms with Crippen LogP contribution in [0.15, 0.2) is 60.7 Å². The summed E-state index contributed by atoms with van der Waals surface area (Å²) < 4.78 is 15.9. The molecule has 3 aromatic rings. The van der Waals surface area contributed by atoms with Crippen LogP contribution in [-0.4, -0.2) is 34.5 Å². The number of carbonyl (C=O) groups is 3. The Morgan fingerprint density at radius 1 is 1.00 bits per heavy atom. The molecule has 3 atom stereocenters. The summed E-state index contributed by atoms with van der Waals surface area (Å²) in [6.07, 6.45) is 3.87. The third kappa shape index (κ3) is 3.92. The minimum absolute atomic E-state index is 0.0777. The van der Waals surface area contributed by atoms with Gasteiger partial charge < -0.3 is 15.7 Å². The lowest BCUT2D eigenvalue weighted by Crippen LogP contribution is -2.60. The number of hydrogen-bond donors (Lipinski definition) is 4. The van der Waals surface area contributed by atoms with E-state index in [0.717, 1.165) is 19.3 Å². The number of rotatable bonds is 4. The largest absolute Gasteiger partial charge is 0.478 e. The summed E-state index contributed by atoms with van der Waals surface area (Å²) in [6, 6.07) is 14.6. The second-order valence-corrected chi connectivity index (χ2v) is 11.6. The number of nitrogens with one attached hydrogen (secondary N) is 3. The van der Waals surface area contributed by atoms with Crippen molar-refractivity contribution in [3.8, 4) is 0 Å². The number of amides is 2. The van der Waals surface area contributed by atoms with Crippen LogP contribution in [0.25, 0.3) is 0 Å². The van der Waals surface area contributed by atoms with Gasteiger partial charge in [0.1, 0.15) is 11.2 Å². The fourth-order valence-corrected chi connectivity index (χ4v) is 7.49. The lowest BCUT2D eigenvalue weighted by Gasteiger charge is -2.47. The molecule has 3 aromatic carbocycles. The Kier molecular flexibility index (Phi) is 6.60. The topological polar surface area (TPSA) is 108 Å². The second kappa shape index (κ2) is 9.87. The van der Waals surface area contributed by atoms with Crippen LogP contribution in [0.5, 0.6) is 0 Å². The van der Waals surface area contributed by atoms with Gasteiger partial charge in [-0.2, -0.15) is 0 Å². The van der Waals surface area contributed by atoms with Crippen molar-refractivity contribution < 1.29 is 23.9 Å². The van der Waals surface area contributed by atoms with Crippen LogP contribution < -0.4 is 16.0 Å². The molecule has 3 aliphatic rings. The first-order chi connectivity index (χ1) is 19.2. The van der Waals surface area contributed by atoms with Gasteiger partial charge in [0.05, 0.1) is 16.6 Å². The van der Waals surface area contributed by atoms with E-state index in [4.69, 9.17) is 23.2 Å². The van der Waals surface area contributed by atoms with Crippen molar-refractivity contribution in [1.82, 2.24) is 5.32 Å². The normalized spacial score (nSPS) is 24.6. The highest BCUT2D eigenvalue weighted by Crippen LogP contribution is 2.62. The molecule has 2 aliphatic heterocycles. The number of aromatic carboxylic acids is 1. The number of hydrogen-bond acceptors (Lipinski definition) is 4. The molecule has 2 amide bonds. The van der Waals surface area contributed by atoms with Crippen molar-refractivity contribution in [2.75, 3.05) is 10.6 Å². The van der Waals surface area contributed by atoms with E-state index in [1.54, 1.807) is 30.3 Å². The third-order valence-electron chi connectivity index (χ3n) is 8.70. The summed E-state index contributed by atoms with van der Waals surface area (Å²) in [6.45, 7) is 0. The maximum atomic E-state index is 15.9. The number of carboxylic acid groups (broad SMARTS) is 1. The number of carbonyl (C=O) groups excluding carboxylic acids is 2. The summed E-state index contributed by atoms with van der Waals surface area (Å²) in [5.41, 5.74) is -0.333. The van der Waals surface area contributed by atoms with Crippen LogP contribution in [0.1, 0.15) is 59.5 Å². The molecular weight excluding hydrogens is 556 g/mol. The zero-order chi connectivity index (χ0) is 28.2. The molecule has 1 unspecified atom stereocenters. The number of anilines is 2. The van der Waals surface area contributed by atoms with Crippen molar-refractivity contribution in [1.29, 1.82) is 0 Å². The summed E-state index contributed by atoms with van der Waals surface area (Å²) in [5.74, 6) is -3.50. The van der Waals surface area contributed by atoms with Gasteiger partial charge in [0.25, 0.3) is 0 Å². The van der Waals surface area contributed by atoms with E-state index >= 15 is 4.39 Å². The average Bonchev–Trinajstić information content (AvgIpc) is 3.38. The number of benzene rings is 3. The molecule has 6 rings (SSSR count). The molecule has 0 bridgehead atoms. The Balaban J connectivity index is 1.54. The van der Waals surface area contributed by atoms with Gasteiger partial charge >= 0.3 is 5.97 Å². The summed E-state index contributed by atoms with van der Waals surface area (Å²) in [7, 11) is 0. The Labute approximate surface area is 240 Å². The lowest BCUT2D eigenvalue weighted by atomic mass is 9.55. The summed E-state index contributed by atoms with van der Waals surface area (Å²) in [5, 5.41) is 19.0. The van der Waals surface area contributed by atoms with Gasteiger partial charge in [0.15, 0.2) is 0 Å². The van der Waals surface area contributed by atoms with Crippen molar-refractivity contribution >= 4 is 52.4 Å². The average molecular weight is 582 g/mol. The van der Waals surface area contributed by atoms with E-state index in [1.807, 2.05) is 0 Å². The quantitative estimate of drug-likeness (QED) is 0.297. The van der Waals surface area contributed by atoms with Crippen LogP contribution in [-0.2, 0) is 15.0 Å². The van der Waals surface area contributed by atoms with Crippen LogP contribution >= 0.6 is 23.2 Å². The minimum atomic E-state index is -1.33. The predicted molar refractivity (Wildman–Crippen MR) is 151 cm³/mol. The molecule has 2 heterocycles. The first-order valence-corrected chi connectivity index (χ1v) is 13.9. The van der Waals surface area contributed by atoms with E-state index in [2.05, 4.69) is 16.0 Å². The molecule has 0 aromatic heterocycles. The summed E-state index contributed by atoms with van der Waals surface area (Å²) in [4.78, 5) is 39.6. The fourth-order valence-electron chi connectivity index (χ4n) is 7.13. The van der Waals surface area contributed by atoms with Gasteiger partial charge in [-0.25, -0.2) is 9.18 Å². The van der Waals surface area contributed by atoms with Crippen molar-refractivity contribution in [2.45, 2.75) is 55.0 Å². The standard InChI is InChI=1S/C30H26Cl2FN3O4/c31-17-9-12-20-22(15-17)35-28(40)30(20)23(19-5-4-6-21(32)24(19)33)25(36-29(30)13-2-1-3-14-29)26(37)34-18-10-7-16(8-11-18)27(38)39/h4-12,15,23,25,36H,1-3,13-14H2,(H,34,37)(H,35,40)(H,38,39)/t23-,25+,30?/m0/s1. The minimum Gasteiger partial charge on any atom is -0.478 e. The Morgan fingerprint density at radius 2 is 1.73 bits per heavy atom. The van der Waals surface area contributed by atoms with Gasteiger partial charge in [-0.15, -0.1) is 0 Å². The van der Waals surface area contributed by atoms with Gasteiger partial charge in [-0.1, -0.05) is 60.7 Å². The van der Waals surface area contributed by atoms with Crippen molar-refractivity contribution in [3.05, 3.63) is 93.2 Å². The first-order valence-electron chi connectivity index (χ1n) is 13.2. The Morgan fingerprint density at radius 3 is 2.42 bits per heavy atom. The van der Waals surface area contributed by atoms with Gasteiger partial charge in [-0.3, -0.25) is 14.9 Å². The highest BCUT2D eigenvalue weighted by atomic mass is 35.5. The highest BCUT2D eigenvalue weighted by Gasteiger charge is 2.72. The van der Waals surface area contributed by atoms with Crippen LogP contribution in [0.3, 0.4) is 0 Å². The number of halogens is 3. The molecule has 1 saturated heterocycles. The zero-order valence-corrected chi connectivity index (χ0v) is 22.8. The van der Waals surface area contributed by atoms with E-state index in [0.29, 0.717) is 34.8 Å². The van der Waals surface area contributed by atoms with Gasteiger partial charge in [-0.05, 0) is 66.4 Å². The summed E-state index contributed by atoms with van der Waals surface area (Å²) >= 11 is 12.6. The highest BCUT2D eigenvalue weighted by molar-refractivity contribution is 6.31. The van der Waals surface area contributed by atoms with E-state index in [9.17, 15) is 19.5 Å². The van der Waals surface area contributed by atoms with Crippen LogP contribution in [0.2, 0.25) is 10.0 Å². The molecule has 0 radical (unpaired) electrons. The first kappa shape index (κ1) is 26.7. The predicted octanol–water partition coefficient (Wildman–Crippen LogP) is 6.12. The maximum absolute atomic E-state index is 15.9. The maximum Gasteiger partial charge on any atom is 0.335 e. The SMILES string of the molecule is O=C(O)c1ccc(NC(=O)[C@@H]2NC3(CCCCC3)C3(C(=O)Nc4cc(Cl)ccc43)[C@H]2c2cccc(Cl)c2F)cc1. The Hall–Kier alpha value is -3.46. The smallest absolute Gasteiger partial charge is 0.335 e. The van der Waals surface area contributed by atoms with Gasteiger partial charge in [0, 0.05) is 27.9 Å². The molecule has 1 saturated carbocycles. The fraction of sp³-hybridized carbons (Fsp3) is 0.300. The molecule has 10 heteroatoms. The Bertz CT molecular complexity index is 1540. The molecule has 206 valence electrons. The van der Waals surface area contributed by atoms with E-state index < -0.39 is 40.6 Å². The molecular formula is C30H26Cl2FN3O4. The van der Waals surface area contributed by atoms with E-state index in [-0.39, 0.29) is 22.1 Å². The number of carboxylic acids is 1. The lowest BCUT2D eigenvalue weighted by molar-refractivity contribution is -0.124. The molecule has 2 spiro atoms. The molecule has 4 N–H and O–H groups in total. The zero-order valence-electron chi connectivity index (χ0n) is 21.3. The third-order valence-corrected chi connectivity index (χ3v) is 9.23. The van der Waals surface area contributed by atoms with Crippen molar-refractivity contribution in [3.63, 3.8) is 0 Å². The molecule has 1 aliphatic carbocycles. The number of fused-ring (bicyclic) bond motifs is 3. The van der Waals surface area contributed by atoms with E-state index in [1.165, 1.54) is 30.3 Å². The second-order valence-electron chi connectivity index (χ2n) is 10.7. The monoisotopic (exact) mass is 581 g/mol. The van der Waals surface area contributed by atoms with Crippen LogP contribution in [0.4, 0.5) is 15.8 Å². The molecule has 7 nitrogen and oxygen atoms in total. The van der Waals surface area contributed by atoms with Crippen molar-refractivity contribution in [2.24, 2.45) is 0 Å².